The Hall–Kier alpha value is -0.380. The maximum absolute atomic E-state index is 11.3. The van der Waals surface area contributed by atoms with E-state index in [0.29, 0.717) is 29.6 Å². The molecule has 3 heteroatoms. The number of aliphatic hydroxyl groups is 3. The highest BCUT2D eigenvalue weighted by molar-refractivity contribution is 5.31. The molecule has 3 nitrogen and oxygen atoms in total. The smallest absolute Gasteiger partial charge is 0.101 e. The van der Waals surface area contributed by atoms with Crippen LogP contribution in [0.15, 0.2) is 11.6 Å². The molecule has 0 bridgehead atoms. The van der Waals surface area contributed by atoms with E-state index in [2.05, 4.69) is 34.6 Å². The normalized spacial score (nSPS) is 49.2. The van der Waals surface area contributed by atoms with Gasteiger partial charge in [-0.1, -0.05) is 60.0 Å². The monoisotopic (exact) mass is 418 g/mol. The summed E-state index contributed by atoms with van der Waals surface area (Å²) in [6, 6.07) is 0. The highest BCUT2D eigenvalue weighted by atomic mass is 16.3. The van der Waals surface area contributed by atoms with Crippen LogP contribution >= 0.6 is 0 Å². The van der Waals surface area contributed by atoms with Crippen molar-refractivity contribution in [3.05, 3.63) is 11.6 Å². The summed E-state index contributed by atoms with van der Waals surface area (Å²) >= 11 is 0. The van der Waals surface area contributed by atoms with Gasteiger partial charge in [0.05, 0.1) is 12.2 Å². The lowest BCUT2D eigenvalue weighted by Crippen LogP contribution is -2.57. The Labute approximate surface area is 184 Å². The molecule has 0 aromatic heterocycles. The molecule has 3 N–H and O–H groups in total. The Kier molecular flexibility index (Phi) is 6.23. The van der Waals surface area contributed by atoms with Crippen LogP contribution in [-0.2, 0) is 0 Å². The summed E-state index contributed by atoms with van der Waals surface area (Å²) in [5, 5.41) is 32.2. The van der Waals surface area contributed by atoms with Gasteiger partial charge in [0.25, 0.3) is 0 Å². The first-order valence-electron chi connectivity index (χ1n) is 12.9. The van der Waals surface area contributed by atoms with Crippen LogP contribution in [0.5, 0.6) is 0 Å². The van der Waals surface area contributed by atoms with E-state index in [9.17, 15) is 15.3 Å². The molecule has 3 fully saturated rings. The van der Waals surface area contributed by atoms with Gasteiger partial charge in [0, 0.05) is 0 Å². The third-order valence-corrected chi connectivity index (χ3v) is 10.4. The van der Waals surface area contributed by atoms with E-state index in [0.717, 1.165) is 36.2 Å². The molecule has 4 aliphatic carbocycles. The average Bonchev–Trinajstić information content (AvgIpc) is 3.03. The molecular formula is C27H46O3. The van der Waals surface area contributed by atoms with Crippen molar-refractivity contribution in [1.82, 2.24) is 0 Å². The molecule has 0 heterocycles. The summed E-state index contributed by atoms with van der Waals surface area (Å²) in [7, 11) is 0. The lowest BCUT2D eigenvalue weighted by atomic mass is 9.46. The Bertz CT molecular complexity index is 656. The van der Waals surface area contributed by atoms with Crippen molar-refractivity contribution >= 4 is 0 Å². The molecule has 3 saturated carbocycles. The highest BCUT2D eigenvalue weighted by Crippen LogP contribution is 2.67. The molecule has 0 amide bonds. The van der Waals surface area contributed by atoms with Gasteiger partial charge in [-0.25, -0.2) is 0 Å². The zero-order chi connectivity index (χ0) is 21.8. The third-order valence-electron chi connectivity index (χ3n) is 10.4. The minimum absolute atomic E-state index is 0.0646. The molecular weight excluding hydrogens is 372 g/mol. The summed E-state index contributed by atoms with van der Waals surface area (Å²) < 4.78 is 0. The molecule has 0 saturated heterocycles. The molecule has 0 aliphatic heterocycles. The largest absolute Gasteiger partial charge is 0.390 e. The van der Waals surface area contributed by atoms with E-state index in [1.807, 2.05) is 6.08 Å². The van der Waals surface area contributed by atoms with E-state index < -0.39 is 18.3 Å². The van der Waals surface area contributed by atoms with Crippen molar-refractivity contribution in [1.29, 1.82) is 0 Å². The Morgan fingerprint density at radius 2 is 1.67 bits per heavy atom. The van der Waals surface area contributed by atoms with Gasteiger partial charge < -0.3 is 15.3 Å². The predicted octanol–water partition coefficient (Wildman–Crippen LogP) is 5.33. The summed E-state index contributed by atoms with van der Waals surface area (Å²) in [5.41, 5.74) is 1.20. The summed E-state index contributed by atoms with van der Waals surface area (Å²) in [6.07, 6.45) is 10.6. The Morgan fingerprint density at radius 3 is 2.37 bits per heavy atom. The maximum atomic E-state index is 11.3. The lowest BCUT2D eigenvalue weighted by Gasteiger charge is -2.60. The number of rotatable bonds is 5. The molecule has 172 valence electrons. The van der Waals surface area contributed by atoms with Gasteiger partial charge >= 0.3 is 0 Å². The maximum Gasteiger partial charge on any atom is 0.101 e. The van der Waals surface area contributed by atoms with E-state index in [1.54, 1.807) is 0 Å². The van der Waals surface area contributed by atoms with Gasteiger partial charge in [-0.15, -0.1) is 0 Å². The number of fused-ring (bicyclic) bond motifs is 5. The molecule has 4 aliphatic rings. The van der Waals surface area contributed by atoms with Crippen LogP contribution in [-0.4, -0.2) is 33.6 Å². The highest BCUT2D eigenvalue weighted by Gasteiger charge is 2.62. The van der Waals surface area contributed by atoms with E-state index >= 15 is 0 Å². The third kappa shape index (κ3) is 3.52. The summed E-state index contributed by atoms with van der Waals surface area (Å²) in [4.78, 5) is 0. The minimum Gasteiger partial charge on any atom is -0.390 e. The van der Waals surface area contributed by atoms with Crippen molar-refractivity contribution in [3.63, 3.8) is 0 Å². The Morgan fingerprint density at radius 1 is 0.933 bits per heavy atom. The van der Waals surface area contributed by atoms with Crippen LogP contribution in [0.1, 0.15) is 92.4 Å². The Balaban J connectivity index is 1.56. The quantitative estimate of drug-likeness (QED) is 0.529. The fourth-order valence-corrected chi connectivity index (χ4v) is 8.72. The van der Waals surface area contributed by atoms with Crippen molar-refractivity contribution in [2.24, 2.45) is 46.3 Å². The van der Waals surface area contributed by atoms with Gasteiger partial charge in [0.2, 0.25) is 0 Å². The first kappa shape index (κ1) is 22.8. The molecule has 10 atom stereocenters. The van der Waals surface area contributed by atoms with Crippen LogP contribution in [0.25, 0.3) is 0 Å². The van der Waals surface area contributed by atoms with Gasteiger partial charge in [0.1, 0.15) is 6.10 Å². The standard InChI is InChI=1S/C27H46O3/c1-16(2)7-6-8-17(3)18-9-10-19-24-20(11-13-26(18,19)4)27(5)14-12-22(28)25(30)21(27)15-23(24)29/h15-20,22-25,28-30H,6-14H2,1-5H3/t17-,18-,19+,20+,22+,23-,24+,25-,26-,27-/m1/s1. The lowest BCUT2D eigenvalue weighted by molar-refractivity contribution is -0.112. The van der Waals surface area contributed by atoms with E-state index in [1.165, 1.54) is 38.5 Å². The molecule has 0 aromatic rings. The first-order valence-corrected chi connectivity index (χ1v) is 12.9. The molecule has 4 rings (SSSR count). The topological polar surface area (TPSA) is 60.7 Å². The van der Waals surface area contributed by atoms with E-state index in [-0.39, 0.29) is 5.41 Å². The summed E-state index contributed by atoms with van der Waals surface area (Å²) in [6.45, 7) is 12.0. The molecule has 0 aromatic carbocycles. The van der Waals surface area contributed by atoms with Crippen LogP contribution in [0.4, 0.5) is 0 Å². The molecule has 0 spiro atoms. The second kappa shape index (κ2) is 8.19. The second-order valence-electron chi connectivity index (χ2n) is 12.4. The predicted molar refractivity (Wildman–Crippen MR) is 122 cm³/mol. The summed E-state index contributed by atoms with van der Waals surface area (Å²) in [5.74, 6) is 3.67. The fraction of sp³-hybridized carbons (Fsp3) is 0.926. The fourth-order valence-electron chi connectivity index (χ4n) is 8.72. The van der Waals surface area contributed by atoms with Crippen molar-refractivity contribution in [3.8, 4) is 0 Å². The molecule has 0 radical (unpaired) electrons. The second-order valence-corrected chi connectivity index (χ2v) is 12.4. The number of hydrogen-bond donors (Lipinski definition) is 3. The van der Waals surface area contributed by atoms with Crippen molar-refractivity contribution < 1.29 is 15.3 Å². The van der Waals surface area contributed by atoms with Crippen LogP contribution in [0, 0.1) is 46.3 Å². The molecule has 30 heavy (non-hydrogen) atoms. The van der Waals surface area contributed by atoms with E-state index in [4.69, 9.17) is 0 Å². The zero-order valence-corrected chi connectivity index (χ0v) is 20.0. The SMILES string of the molecule is CC(C)CCC[C@@H](C)[C@H]1CC[C@H]2[C@@H]3[C@H](O)C=C4[C@@H](O)[C@@H](O)CC[C@]4(C)[C@H]3CC[C@]12C. The number of aliphatic hydroxyl groups excluding tert-OH is 3. The minimum atomic E-state index is -0.801. The molecule has 0 unspecified atom stereocenters. The van der Waals surface area contributed by atoms with Crippen molar-refractivity contribution in [2.75, 3.05) is 0 Å². The first-order chi connectivity index (χ1) is 14.1. The van der Waals surface area contributed by atoms with Gasteiger partial charge in [0.15, 0.2) is 0 Å². The van der Waals surface area contributed by atoms with Crippen LogP contribution in [0.3, 0.4) is 0 Å². The average molecular weight is 419 g/mol. The van der Waals surface area contributed by atoms with Crippen LogP contribution in [0.2, 0.25) is 0 Å². The van der Waals surface area contributed by atoms with Gasteiger partial charge in [-0.05, 0) is 90.4 Å². The zero-order valence-electron chi connectivity index (χ0n) is 20.0. The van der Waals surface area contributed by atoms with Crippen molar-refractivity contribution in [2.45, 2.75) is 111 Å². The van der Waals surface area contributed by atoms with Gasteiger partial charge in [-0.3, -0.25) is 0 Å². The van der Waals surface area contributed by atoms with Crippen LogP contribution < -0.4 is 0 Å². The number of hydrogen-bond acceptors (Lipinski definition) is 3. The van der Waals surface area contributed by atoms with Gasteiger partial charge in [-0.2, -0.15) is 0 Å².